The van der Waals surface area contributed by atoms with Gasteiger partial charge in [-0.3, -0.25) is 4.79 Å². The molecule has 31 heavy (non-hydrogen) atoms. The van der Waals surface area contributed by atoms with Crippen LogP contribution in [0.2, 0.25) is 0 Å². The summed E-state index contributed by atoms with van der Waals surface area (Å²) < 4.78 is 90.0. The smallest absolute Gasteiger partial charge is 0.336 e. The van der Waals surface area contributed by atoms with Gasteiger partial charge in [0.05, 0.1) is 10.5 Å². The van der Waals surface area contributed by atoms with Gasteiger partial charge in [-0.05, 0) is 42.5 Å². The van der Waals surface area contributed by atoms with Gasteiger partial charge in [0.2, 0.25) is 10.0 Å². The summed E-state index contributed by atoms with van der Waals surface area (Å²) in [5, 5.41) is 0. The lowest BCUT2D eigenvalue weighted by Crippen LogP contribution is -2.50. The highest BCUT2D eigenvalue weighted by Gasteiger charge is 2.34. The monoisotopic (exact) mass is 480 g/mol. The van der Waals surface area contributed by atoms with Crippen LogP contribution in [0.4, 0.5) is 22.0 Å². The molecule has 168 valence electrons. The third kappa shape index (κ3) is 5.55. The Labute approximate surface area is 179 Å². The van der Waals surface area contributed by atoms with E-state index in [9.17, 15) is 35.2 Å². The molecule has 0 bridgehead atoms. The Morgan fingerprint density at radius 1 is 0.968 bits per heavy atom. The number of thioether (sulfide) groups is 1. The Hall–Kier alpha value is -2.18. The van der Waals surface area contributed by atoms with E-state index in [0.717, 1.165) is 22.5 Å². The van der Waals surface area contributed by atoms with E-state index >= 15 is 0 Å². The van der Waals surface area contributed by atoms with E-state index in [4.69, 9.17) is 0 Å². The summed E-state index contributed by atoms with van der Waals surface area (Å²) in [5.41, 5.74) is -0.788. The average Bonchev–Trinajstić information content (AvgIpc) is 2.73. The fourth-order valence-corrected chi connectivity index (χ4v) is 5.04. The van der Waals surface area contributed by atoms with Crippen LogP contribution in [0.25, 0.3) is 0 Å². The van der Waals surface area contributed by atoms with Crippen LogP contribution in [-0.4, -0.2) is 55.5 Å². The highest BCUT2D eigenvalue weighted by atomic mass is 32.2. The molecule has 1 saturated heterocycles. The zero-order valence-electron chi connectivity index (χ0n) is 15.9. The van der Waals surface area contributed by atoms with Crippen molar-refractivity contribution in [2.24, 2.45) is 0 Å². The van der Waals surface area contributed by atoms with Crippen molar-refractivity contribution >= 4 is 27.7 Å². The largest absolute Gasteiger partial charge is 0.416 e. The minimum atomic E-state index is -4.67. The second-order valence-corrected chi connectivity index (χ2v) is 9.63. The summed E-state index contributed by atoms with van der Waals surface area (Å²) >= 11 is 0.356. The molecule has 0 radical (unpaired) electrons. The number of halogens is 5. The Bertz CT molecular complexity index is 1040. The molecule has 2 aromatic carbocycles. The fraction of sp³-hybridized carbons (Fsp3) is 0.316. The summed E-state index contributed by atoms with van der Waals surface area (Å²) in [6.45, 7) is -0.0671. The first-order chi connectivity index (χ1) is 14.5. The number of rotatable bonds is 5. The molecule has 12 heteroatoms. The maximum absolute atomic E-state index is 12.9. The highest BCUT2D eigenvalue weighted by molar-refractivity contribution is 7.99. The number of hydrogen-bond donors (Lipinski definition) is 0. The van der Waals surface area contributed by atoms with Gasteiger partial charge in [-0.1, -0.05) is 17.8 Å². The van der Waals surface area contributed by atoms with Crippen LogP contribution < -0.4 is 0 Å². The van der Waals surface area contributed by atoms with Gasteiger partial charge in [-0.2, -0.15) is 26.3 Å². The Balaban J connectivity index is 1.67. The third-order valence-electron chi connectivity index (χ3n) is 4.65. The van der Waals surface area contributed by atoms with Crippen molar-refractivity contribution in [1.29, 1.82) is 0 Å². The van der Waals surface area contributed by atoms with Crippen molar-refractivity contribution in [3.8, 4) is 0 Å². The number of hydrogen-bond acceptors (Lipinski definition) is 4. The lowest BCUT2D eigenvalue weighted by atomic mass is 10.2. The number of amides is 1. The number of carbonyl (C=O) groups excluding carboxylic acids is 1. The summed E-state index contributed by atoms with van der Waals surface area (Å²) in [6.07, 6.45) is -4.67. The second-order valence-electron chi connectivity index (χ2n) is 6.62. The van der Waals surface area contributed by atoms with Crippen molar-refractivity contribution in [3.63, 3.8) is 0 Å². The number of benzene rings is 2. The highest BCUT2D eigenvalue weighted by Crippen LogP contribution is 2.31. The van der Waals surface area contributed by atoms with Gasteiger partial charge in [0, 0.05) is 36.6 Å². The summed E-state index contributed by atoms with van der Waals surface area (Å²) in [7, 11) is -4.15. The molecular formula is C19H17F5N2O3S2. The minimum absolute atomic E-state index is 0.0462. The Kier molecular flexibility index (Phi) is 6.92. The zero-order valence-corrected chi connectivity index (χ0v) is 17.5. The number of sulfonamides is 1. The molecule has 0 saturated carbocycles. The van der Waals surface area contributed by atoms with E-state index in [1.807, 2.05) is 0 Å². The average molecular weight is 480 g/mol. The lowest BCUT2D eigenvalue weighted by Gasteiger charge is -2.34. The molecule has 1 fully saturated rings. The van der Waals surface area contributed by atoms with E-state index in [-0.39, 0.29) is 37.6 Å². The lowest BCUT2D eigenvalue weighted by molar-refractivity contribution is -0.137. The molecular weight excluding hydrogens is 463 g/mol. The molecule has 0 aliphatic carbocycles. The zero-order chi connectivity index (χ0) is 22.8. The second kappa shape index (κ2) is 9.13. The van der Waals surface area contributed by atoms with E-state index in [1.165, 1.54) is 29.2 Å². The van der Waals surface area contributed by atoms with Gasteiger partial charge in [-0.15, -0.1) is 0 Å². The molecule has 5 nitrogen and oxygen atoms in total. The van der Waals surface area contributed by atoms with Gasteiger partial charge < -0.3 is 4.90 Å². The van der Waals surface area contributed by atoms with Crippen LogP contribution in [0.15, 0.2) is 58.3 Å². The van der Waals surface area contributed by atoms with E-state index in [0.29, 0.717) is 22.7 Å². The molecule has 0 atom stereocenters. The molecule has 2 aromatic rings. The number of carbonyl (C=O) groups is 1. The quantitative estimate of drug-likeness (QED) is 0.476. The van der Waals surface area contributed by atoms with Gasteiger partial charge in [0.15, 0.2) is 0 Å². The SMILES string of the molecule is O=C(c1ccc(SC(F)F)cc1)N1CCN(S(=O)(=O)c2cccc(C(F)(F)F)c2)CC1. The summed E-state index contributed by atoms with van der Waals surface area (Å²) in [6, 6.07) is 9.15. The van der Waals surface area contributed by atoms with E-state index in [1.54, 1.807) is 0 Å². The number of nitrogens with zero attached hydrogens (tertiary/aromatic N) is 2. The van der Waals surface area contributed by atoms with Crippen molar-refractivity contribution in [3.05, 3.63) is 59.7 Å². The van der Waals surface area contributed by atoms with Crippen LogP contribution in [-0.2, 0) is 16.2 Å². The first-order valence-electron chi connectivity index (χ1n) is 9.00. The molecule has 0 spiro atoms. The maximum Gasteiger partial charge on any atom is 0.416 e. The molecule has 0 N–H and O–H groups in total. The van der Waals surface area contributed by atoms with Crippen molar-refractivity contribution in [2.75, 3.05) is 26.2 Å². The van der Waals surface area contributed by atoms with Crippen molar-refractivity contribution < 1.29 is 35.2 Å². The molecule has 0 unspecified atom stereocenters. The first-order valence-corrected chi connectivity index (χ1v) is 11.3. The Morgan fingerprint density at radius 3 is 2.13 bits per heavy atom. The molecule has 1 heterocycles. The van der Waals surface area contributed by atoms with Gasteiger partial charge in [0.25, 0.3) is 11.7 Å². The molecule has 0 aromatic heterocycles. The van der Waals surface area contributed by atoms with Crippen LogP contribution >= 0.6 is 11.8 Å². The fourth-order valence-electron chi connectivity index (χ4n) is 3.08. The van der Waals surface area contributed by atoms with Crippen molar-refractivity contribution in [2.45, 2.75) is 21.7 Å². The predicted molar refractivity (Wildman–Crippen MR) is 104 cm³/mol. The van der Waals surface area contributed by atoms with E-state index < -0.39 is 32.4 Å². The van der Waals surface area contributed by atoms with Gasteiger partial charge in [0.1, 0.15) is 0 Å². The van der Waals surface area contributed by atoms with Crippen LogP contribution in [0.1, 0.15) is 15.9 Å². The van der Waals surface area contributed by atoms with Crippen LogP contribution in [0.5, 0.6) is 0 Å². The van der Waals surface area contributed by atoms with Gasteiger partial charge in [-0.25, -0.2) is 8.42 Å². The normalized spacial score (nSPS) is 16.0. The summed E-state index contributed by atoms with van der Waals surface area (Å²) in [4.78, 5) is 13.8. The van der Waals surface area contributed by atoms with Crippen LogP contribution in [0.3, 0.4) is 0 Å². The minimum Gasteiger partial charge on any atom is -0.336 e. The standard InChI is InChI=1S/C19H17F5N2O3S2/c20-18(21)30-15-6-4-13(5-7-15)17(27)25-8-10-26(11-9-25)31(28,29)16-3-1-2-14(12-16)19(22,23)24/h1-7,12,18H,8-11H2. The van der Waals surface area contributed by atoms with Crippen LogP contribution in [0, 0.1) is 0 Å². The number of piperazine rings is 1. The topological polar surface area (TPSA) is 57.7 Å². The predicted octanol–water partition coefficient (Wildman–Crippen LogP) is 4.17. The maximum atomic E-state index is 12.9. The first kappa shape index (κ1) is 23.5. The molecule has 1 amide bonds. The van der Waals surface area contributed by atoms with Gasteiger partial charge >= 0.3 is 6.18 Å². The molecule has 1 aliphatic heterocycles. The Morgan fingerprint density at radius 2 is 1.58 bits per heavy atom. The van der Waals surface area contributed by atoms with Crippen molar-refractivity contribution in [1.82, 2.24) is 9.21 Å². The molecule has 1 aliphatic rings. The third-order valence-corrected chi connectivity index (χ3v) is 7.27. The van der Waals surface area contributed by atoms with E-state index in [2.05, 4.69) is 0 Å². The molecule has 3 rings (SSSR count). The summed E-state index contributed by atoms with van der Waals surface area (Å²) in [5.74, 6) is -2.96. The number of alkyl halides is 5.